The van der Waals surface area contributed by atoms with Crippen LogP contribution in [0.3, 0.4) is 0 Å². The Balaban J connectivity index is 1.20. The van der Waals surface area contributed by atoms with Gasteiger partial charge in [0.15, 0.2) is 0 Å². The van der Waals surface area contributed by atoms with Crippen LogP contribution < -0.4 is 4.90 Å². The maximum atomic E-state index is 8.86. The smallest absolute Gasteiger partial charge is 0.0714 e. The summed E-state index contributed by atoms with van der Waals surface area (Å²) in [4.78, 5) is 2.28. The molecule has 0 aromatic heterocycles. The first-order valence-electron chi connectivity index (χ1n) is 20.7. The van der Waals surface area contributed by atoms with Gasteiger partial charge in [0.1, 0.15) is 0 Å². The number of nitrogens with zero attached hydrogens (tertiary/aromatic N) is 1. The molecule has 0 amide bonds. The molecule has 0 N–H and O–H groups in total. The minimum absolute atomic E-state index is 0.181. The SMILES string of the molecule is [2H]c1ccc(N(c2ccc3c(c2)C(c2ccccc2)(c2ccccc2)c2ccccc2-3)c2ccc3c(c2)C(c2ccccc2)(c2ccccc2)c2ccccc2-3)cc1[2H]. The Kier molecular flexibility index (Phi) is 7.20. The molecule has 57 heavy (non-hydrogen) atoms. The minimum Gasteiger partial charge on any atom is -0.310 e. The third-order valence-electron chi connectivity index (χ3n) is 12.3. The van der Waals surface area contributed by atoms with Gasteiger partial charge in [0.2, 0.25) is 0 Å². The van der Waals surface area contributed by atoms with Crippen LogP contribution in [0.15, 0.2) is 237 Å². The van der Waals surface area contributed by atoms with Crippen molar-refractivity contribution in [3.05, 3.63) is 281 Å². The highest BCUT2D eigenvalue weighted by Crippen LogP contribution is 2.59. The number of benzene rings is 9. The summed E-state index contributed by atoms with van der Waals surface area (Å²) < 4.78 is 17.4. The molecule has 0 saturated heterocycles. The first-order chi connectivity index (χ1) is 29.1. The largest absolute Gasteiger partial charge is 0.310 e. The highest BCUT2D eigenvalue weighted by Gasteiger charge is 2.48. The number of rotatable bonds is 7. The predicted octanol–water partition coefficient (Wildman–Crippen LogP) is 13.9. The average molecular weight is 728 g/mol. The van der Waals surface area contributed by atoms with E-state index in [1.807, 2.05) is 12.1 Å². The van der Waals surface area contributed by atoms with Crippen molar-refractivity contribution in [2.75, 3.05) is 4.90 Å². The summed E-state index contributed by atoms with van der Waals surface area (Å²) >= 11 is 0. The van der Waals surface area contributed by atoms with Gasteiger partial charge >= 0.3 is 0 Å². The Morgan fingerprint density at radius 2 is 0.649 bits per heavy atom. The average Bonchev–Trinajstić information content (AvgIpc) is 3.77. The van der Waals surface area contributed by atoms with Crippen molar-refractivity contribution in [3.8, 4) is 22.3 Å². The molecule has 2 aliphatic rings. The maximum absolute atomic E-state index is 8.86. The fourth-order valence-corrected chi connectivity index (χ4v) is 10.1. The highest BCUT2D eigenvalue weighted by atomic mass is 15.1. The third kappa shape index (κ3) is 4.82. The van der Waals surface area contributed by atoms with Gasteiger partial charge in [0.05, 0.1) is 13.6 Å². The summed E-state index contributed by atoms with van der Waals surface area (Å²) in [7, 11) is 0. The normalized spacial score (nSPS) is 14.4. The molecule has 0 atom stereocenters. The Hall–Kier alpha value is -7.22. The molecule has 9 aromatic rings. The van der Waals surface area contributed by atoms with Crippen LogP contribution in [0.2, 0.25) is 0 Å². The van der Waals surface area contributed by atoms with Gasteiger partial charge in [-0.25, -0.2) is 0 Å². The van der Waals surface area contributed by atoms with E-state index >= 15 is 0 Å². The van der Waals surface area contributed by atoms with Crippen molar-refractivity contribution in [1.82, 2.24) is 0 Å². The summed E-state index contributed by atoms with van der Waals surface area (Å²) in [5.74, 6) is 0. The zero-order chi connectivity index (χ0) is 39.6. The summed E-state index contributed by atoms with van der Waals surface area (Å²) in [5, 5.41) is 0. The van der Waals surface area contributed by atoms with Crippen molar-refractivity contribution in [2.45, 2.75) is 10.8 Å². The quantitative estimate of drug-likeness (QED) is 0.158. The highest BCUT2D eigenvalue weighted by molar-refractivity contribution is 5.92. The second-order valence-corrected chi connectivity index (χ2v) is 15.0. The number of para-hydroxylation sites is 1. The zero-order valence-electron chi connectivity index (χ0n) is 33.3. The molecule has 2 aliphatic carbocycles. The van der Waals surface area contributed by atoms with Crippen LogP contribution in [0.1, 0.15) is 47.2 Å². The zero-order valence-corrected chi connectivity index (χ0v) is 31.3. The molecule has 0 radical (unpaired) electrons. The molecular formula is C56H39N. The van der Waals surface area contributed by atoms with Crippen LogP contribution in [-0.2, 0) is 10.8 Å². The molecule has 0 bridgehead atoms. The van der Waals surface area contributed by atoms with E-state index in [1.54, 1.807) is 6.07 Å². The van der Waals surface area contributed by atoms with Gasteiger partial charge in [-0.3, -0.25) is 0 Å². The Bertz CT molecular complexity index is 2750. The minimum atomic E-state index is -0.572. The lowest BCUT2D eigenvalue weighted by molar-refractivity contribution is 0.767. The van der Waals surface area contributed by atoms with E-state index in [9.17, 15) is 0 Å². The van der Waals surface area contributed by atoms with Crippen LogP contribution in [0.5, 0.6) is 0 Å². The second kappa shape index (κ2) is 13.2. The van der Waals surface area contributed by atoms with Gasteiger partial charge in [-0.1, -0.05) is 200 Å². The molecule has 9 aromatic carbocycles. The van der Waals surface area contributed by atoms with Crippen LogP contribution in [0.4, 0.5) is 17.1 Å². The van der Waals surface area contributed by atoms with Gasteiger partial charge in [-0.15, -0.1) is 0 Å². The van der Waals surface area contributed by atoms with Gasteiger partial charge in [-0.2, -0.15) is 0 Å². The Labute approximate surface area is 337 Å². The van der Waals surface area contributed by atoms with Gasteiger partial charge in [0, 0.05) is 17.1 Å². The van der Waals surface area contributed by atoms with Crippen molar-refractivity contribution in [2.24, 2.45) is 0 Å². The van der Waals surface area contributed by atoms with Gasteiger partial charge in [-0.05, 0) is 103 Å². The standard InChI is InChI=1S/C56H39N/c1-6-20-40(21-7-1)55(41-22-8-2-9-23-41)51-32-18-16-30-47(51)49-36-34-45(38-53(49)55)57(44-28-14-5-15-29-44)46-35-37-50-48-31-17-19-33-52(48)56(54(50)39-46,42-24-10-3-11-25-42)43-26-12-4-13-27-43/h1-39H/i5D,14D. The molecule has 11 rings (SSSR count). The van der Waals surface area contributed by atoms with E-state index < -0.39 is 10.8 Å². The molecule has 0 aliphatic heterocycles. The number of hydrogen-bond acceptors (Lipinski definition) is 1. The summed E-state index contributed by atoms with van der Waals surface area (Å²) in [6.45, 7) is 0. The van der Waals surface area contributed by atoms with Gasteiger partial charge in [0.25, 0.3) is 0 Å². The molecule has 268 valence electrons. The topological polar surface area (TPSA) is 3.24 Å². The lowest BCUT2D eigenvalue weighted by Gasteiger charge is -2.36. The molecule has 1 nitrogen and oxygen atoms in total. The summed E-state index contributed by atoms with van der Waals surface area (Å²) in [6.07, 6.45) is 0. The molecule has 0 fully saturated rings. The van der Waals surface area contributed by atoms with Crippen LogP contribution in [-0.4, -0.2) is 0 Å². The van der Waals surface area contributed by atoms with Crippen molar-refractivity contribution < 1.29 is 2.74 Å². The van der Waals surface area contributed by atoms with E-state index in [0.29, 0.717) is 0 Å². The number of anilines is 3. The van der Waals surface area contributed by atoms with Crippen LogP contribution in [0, 0.1) is 0 Å². The third-order valence-corrected chi connectivity index (χ3v) is 12.3. The monoisotopic (exact) mass is 727 g/mol. The van der Waals surface area contributed by atoms with Crippen LogP contribution in [0.25, 0.3) is 22.3 Å². The fraction of sp³-hybridized carbons (Fsp3) is 0.0357. The summed E-state index contributed by atoms with van der Waals surface area (Å²) in [6, 6.07) is 80.9. The first kappa shape index (κ1) is 31.0. The molecule has 1 heteroatoms. The van der Waals surface area contributed by atoms with Gasteiger partial charge < -0.3 is 4.90 Å². The predicted molar refractivity (Wildman–Crippen MR) is 236 cm³/mol. The lowest BCUT2D eigenvalue weighted by Crippen LogP contribution is -2.29. The Morgan fingerprint density at radius 1 is 0.281 bits per heavy atom. The molecular weight excluding hydrogens is 687 g/mol. The second-order valence-electron chi connectivity index (χ2n) is 15.0. The van der Waals surface area contributed by atoms with Crippen molar-refractivity contribution >= 4 is 17.1 Å². The molecule has 0 saturated carbocycles. The molecule has 0 heterocycles. The summed E-state index contributed by atoms with van der Waals surface area (Å²) in [5.41, 5.74) is 16.3. The van der Waals surface area contributed by atoms with E-state index in [-0.39, 0.29) is 12.1 Å². The number of fused-ring (bicyclic) bond motifs is 6. The molecule has 0 spiro atoms. The Morgan fingerprint density at radius 3 is 1.05 bits per heavy atom. The van der Waals surface area contributed by atoms with Crippen LogP contribution >= 0.6 is 0 Å². The van der Waals surface area contributed by atoms with E-state index in [0.717, 1.165) is 17.1 Å². The fourth-order valence-electron chi connectivity index (χ4n) is 10.1. The van der Waals surface area contributed by atoms with Crippen molar-refractivity contribution in [3.63, 3.8) is 0 Å². The molecule has 0 unspecified atom stereocenters. The lowest BCUT2D eigenvalue weighted by atomic mass is 9.67. The van der Waals surface area contributed by atoms with E-state index in [2.05, 4.69) is 211 Å². The van der Waals surface area contributed by atoms with E-state index in [1.165, 1.54) is 66.8 Å². The van der Waals surface area contributed by atoms with Crippen molar-refractivity contribution in [1.29, 1.82) is 0 Å². The number of hydrogen-bond donors (Lipinski definition) is 0. The maximum Gasteiger partial charge on any atom is 0.0714 e. The first-order valence-corrected chi connectivity index (χ1v) is 19.7. The van der Waals surface area contributed by atoms with E-state index in [4.69, 9.17) is 2.74 Å².